The second kappa shape index (κ2) is 8.46. The molecular weight excluding hydrogens is 342 g/mol. The van der Waals surface area contributed by atoms with Gasteiger partial charge in [-0.2, -0.15) is 0 Å². The number of aryl methyl sites for hydroxylation is 1. The van der Waals surface area contributed by atoms with Gasteiger partial charge in [-0.1, -0.05) is 6.07 Å². The van der Waals surface area contributed by atoms with Crippen molar-refractivity contribution in [1.29, 1.82) is 0 Å². The predicted molar refractivity (Wildman–Crippen MR) is 101 cm³/mol. The second-order valence-electron chi connectivity index (χ2n) is 6.08. The average molecular weight is 363 g/mol. The Balaban J connectivity index is 1.88. The molecule has 0 N–H and O–H groups in total. The number of methoxy groups -OCH3 is 1. The van der Waals surface area contributed by atoms with E-state index >= 15 is 0 Å². The average Bonchev–Trinajstić information content (AvgIpc) is 2.72. The van der Waals surface area contributed by atoms with Crippen molar-refractivity contribution < 1.29 is 9.53 Å². The number of likely N-dealkylation sites (N-methyl/N-ethyl adjacent to an activating group) is 1. The molecule has 27 heavy (non-hydrogen) atoms. The SMILES string of the molecule is COCC(c1ccccn1)N(C)C(=O)c1cnc(-c2cccnc2)nc1C. The van der Waals surface area contributed by atoms with Gasteiger partial charge in [0.25, 0.3) is 5.91 Å². The molecule has 0 aliphatic heterocycles. The van der Waals surface area contributed by atoms with Crippen LogP contribution in [-0.4, -0.2) is 51.5 Å². The zero-order valence-corrected chi connectivity index (χ0v) is 15.5. The summed E-state index contributed by atoms with van der Waals surface area (Å²) < 4.78 is 5.30. The maximum atomic E-state index is 13.1. The quantitative estimate of drug-likeness (QED) is 0.670. The van der Waals surface area contributed by atoms with E-state index in [1.54, 1.807) is 50.8 Å². The van der Waals surface area contributed by atoms with Crippen LogP contribution in [0.3, 0.4) is 0 Å². The highest BCUT2D eigenvalue weighted by Crippen LogP contribution is 2.22. The molecule has 0 bridgehead atoms. The molecule has 7 heteroatoms. The molecule has 0 fully saturated rings. The molecule has 0 spiro atoms. The van der Waals surface area contributed by atoms with Gasteiger partial charge in [0.2, 0.25) is 0 Å². The van der Waals surface area contributed by atoms with E-state index in [0.717, 1.165) is 11.3 Å². The zero-order chi connectivity index (χ0) is 19.2. The van der Waals surface area contributed by atoms with Crippen molar-refractivity contribution in [3.05, 3.63) is 72.1 Å². The fraction of sp³-hybridized carbons (Fsp3) is 0.250. The second-order valence-corrected chi connectivity index (χ2v) is 6.08. The van der Waals surface area contributed by atoms with Gasteiger partial charge in [0.15, 0.2) is 5.82 Å². The molecule has 0 aliphatic rings. The normalized spacial score (nSPS) is 11.8. The lowest BCUT2D eigenvalue weighted by Crippen LogP contribution is -2.34. The topological polar surface area (TPSA) is 81.1 Å². The van der Waals surface area contributed by atoms with Gasteiger partial charge < -0.3 is 9.64 Å². The van der Waals surface area contributed by atoms with Crippen LogP contribution in [0, 0.1) is 6.92 Å². The lowest BCUT2D eigenvalue weighted by molar-refractivity contribution is 0.0593. The van der Waals surface area contributed by atoms with Crippen LogP contribution in [-0.2, 0) is 4.74 Å². The van der Waals surface area contributed by atoms with Gasteiger partial charge in [-0.05, 0) is 31.2 Å². The number of hydrogen-bond donors (Lipinski definition) is 0. The van der Waals surface area contributed by atoms with Crippen LogP contribution in [0.1, 0.15) is 27.8 Å². The number of hydrogen-bond acceptors (Lipinski definition) is 6. The summed E-state index contributed by atoms with van der Waals surface area (Å²) in [5.74, 6) is 0.357. The van der Waals surface area contributed by atoms with E-state index < -0.39 is 0 Å². The first-order chi connectivity index (χ1) is 13.1. The summed E-state index contributed by atoms with van der Waals surface area (Å²) >= 11 is 0. The molecule has 3 rings (SSSR count). The summed E-state index contributed by atoms with van der Waals surface area (Å²) in [4.78, 5) is 31.9. The molecule has 1 atom stereocenters. The molecule has 0 aromatic carbocycles. The molecule has 3 heterocycles. The summed E-state index contributed by atoms with van der Waals surface area (Å²) in [6, 6.07) is 9.00. The molecule has 138 valence electrons. The van der Waals surface area contributed by atoms with Gasteiger partial charge >= 0.3 is 0 Å². The van der Waals surface area contributed by atoms with Crippen LogP contribution < -0.4 is 0 Å². The van der Waals surface area contributed by atoms with Gasteiger partial charge in [-0.25, -0.2) is 9.97 Å². The van der Waals surface area contributed by atoms with Crippen molar-refractivity contribution in [3.63, 3.8) is 0 Å². The molecule has 1 unspecified atom stereocenters. The minimum absolute atomic E-state index is 0.182. The number of rotatable bonds is 6. The van der Waals surface area contributed by atoms with E-state index in [1.807, 2.05) is 30.3 Å². The number of ether oxygens (including phenoxy) is 1. The fourth-order valence-electron chi connectivity index (χ4n) is 2.77. The molecular formula is C20H21N5O2. The number of carbonyl (C=O) groups is 1. The van der Waals surface area contributed by atoms with Crippen molar-refractivity contribution in [2.24, 2.45) is 0 Å². The molecule has 3 aromatic rings. The number of amides is 1. The van der Waals surface area contributed by atoms with Crippen LogP contribution in [0.15, 0.2) is 55.1 Å². The van der Waals surface area contributed by atoms with Crippen LogP contribution in [0.5, 0.6) is 0 Å². The van der Waals surface area contributed by atoms with E-state index in [2.05, 4.69) is 19.9 Å². The van der Waals surface area contributed by atoms with Crippen LogP contribution >= 0.6 is 0 Å². The Morgan fingerprint density at radius 3 is 2.63 bits per heavy atom. The third kappa shape index (κ3) is 4.15. The Kier molecular flexibility index (Phi) is 5.83. The van der Waals surface area contributed by atoms with Crippen molar-refractivity contribution in [2.75, 3.05) is 20.8 Å². The van der Waals surface area contributed by atoms with E-state index in [0.29, 0.717) is 23.7 Å². The summed E-state index contributed by atoms with van der Waals surface area (Å²) in [6.45, 7) is 2.14. The Morgan fingerprint density at radius 2 is 2.00 bits per heavy atom. The van der Waals surface area contributed by atoms with E-state index in [-0.39, 0.29) is 11.9 Å². The summed E-state index contributed by atoms with van der Waals surface area (Å²) in [6.07, 6.45) is 6.65. The molecule has 0 saturated carbocycles. The summed E-state index contributed by atoms with van der Waals surface area (Å²) in [5, 5.41) is 0. The maximum absolute atomic E-state index is 13.1. The minimum atomic E-state index is -0.305. The Morgan fingerprint density at radius 1 is 1.15 bits per heavy atom. The van der Waals surface area contributed by atoms with Gasteiger partial charge in [-0.3, -0.25) is 14.8 Å². The first kappa shape index (κ1) is 18.6. The molecule has 0 saturated heterocycles. The van der Waals surface area contributed by atoms with E-state index in [9.17, 15) is 4.79 Å². The van der Waals surface area contributed by atoms with Crippen LogP contribution in [0.25, 0.3) is 11.4 Å². The van der Waals surface area contributed by atoms with Crippen LogP contribution in [0.4, 0.5) is 0 Å². The number of nitrogens with zero attached hydrogens (tertiary/aromatic N) is 5. The minimum Gasteiger partial charge on any atom is -0.382 e. The maximum Gasteiger partial charge on any atom is 0.257 e. The van der Waals surface area contributed by atoms with Gasteiger partial charge in [0, 0.05) is 44.5 Å². The highest BCUT2D eigenvalue weighted by Gasteiger charge is 2.25. The van der Waals surface area contributed by atoms with E-state index in [4.69, 9.17) is 4.74 Å². The predicted octanol–water partition coefficient (Wildman–Crippen LogP) is 2.70. The lowest BCUT2D eigenvalue weighted by atomic mass is 10.1. The summed E-state index contributed by atoms with van der Waals surface area (Å²) in [5.41, 5.74) is 2.62. The monoisotopic (exact) mass is 363 g/mol. The first-order valence-corrected chi connectivity index (χ1v) is 8.53. The molecule has 7 nitrogen and oxygen atoms in total. The van der Waals surface area contributed by atoms with Gasteiger partial charge in [0.05, 0.1) is 29.6 Å². The van der Waals surface area contributed by atoms with Crippen molar-refractivity contribution in [3.8, 4) is 11.4 Å². The molecule has 0 radical (unpaired) electrons. The van der Waals surface area contributed by atoms with Gasteiger partial charge in [0.1, 0.15) is 0 Å². The standard InChI is InChI=1S/C20H21N5O2/c1-14-16(12-23-19(24-14)15-7-6-9-21-11-15)20(26)25(2)18(13-27-3)17-8-4-5-10-22-17/h4-12,18H,13H2,1-3H3. The largest absolute Gasteiger partial charge is 0.382 e. The van der Waals surface area contributed by atoms with Crippen molar-refractivity contribution >= 4 is 5.91 Å². The zero-order valence-electron chi connectivity index (χ0n) is 15.5. The van der Waals surface area contributed by atoms with E-state index in [1.165, 1.54) is 0 Å². The first-order valence-electron chi connectivity index (χ1n) is 8.53. The molecule has 1 amide bonds. The Labute approximate surface area is 158 Å². The third-order valence-electron chi connectivity index (χ3n) is 4.27. The third-order valence-corrected chi connectivity index (χ3v) is 4.27. The smallest absolute Gasteiger partial charge is 0.257 e. The Hall–Kier alpha value is -3.19. The van der Waals surface area contributed by atoms with Crippen LogP contribution in [0.2, 0.25) is 0 Å². The Bertz CT molecular complexity index is 903. The van der Waals surface area contributed by atoms with Gasteiger partial charge in [-0.15, -0.1) is 0 Å². The molecule has 0 aliphatic carbocycles. The lowest BCUT2D eigenvalue weighted by Gasteiger charge is -2.27. The molecule has 3 aromatic heterocycles. The van der Waals surface area contributed by atoms with Crippen molar-refractivity contribution in [2.45, 2.75) is 13.0 Å². The summed E-state index contributed by atoms with van der Waals surface area (Å²) in [7, 11) is 3.33. The number of aromatic nitrogens is 4. The number of pyridine rings is 2. The van der Waals surface area contributed by atoms with Crippen molar-refractivity contribution in [1.82, 2.24) is 24.8 Å². The number of carbonyl (C=O) groups excluding carboxylic acids is 1. The highest BCUT2D eigenvalue weighted by atomic mass is 16.5. The fourth-order valence-corrected chi connectivity index (χ4v) is 2.77. The highest BCUT2D eigenvalue weighted by molar-refractivity contribution is 5.95.